The van der Waals surface area contributed by atoms with Crippen LogP contribution >= 0.6 is 0 Å². The molecule has 0 saturated carbocycles. The van der Waals surface area contributed by atoms with Crippen LogP contribution in [0.3, 0.4) is 0 Å². The fourth-order valence-corrected chi connectivity index (χ4v) is 16.4. The van der Waals surface area contributed by atoms with E-state index in [2.05, 4.69) is 25.1 Å². The molecular weight excluding hydrogens is 1920 g/mol. The van der Waals surface area contributed by atoms with Gasteiger partial charge in [0.25, 0.3) is 0 Å². The first-order valence-electron chi connectivity index (χ1n) is 36.9. The van der Waals surface area contributed by atoms with Crippen LogP contribution in [0.5, 0.6) is 0 Å². The van der Waals surface area contributed by atoms with Crippen molar-refractivity contribution >= 4 is 80.3 Å². The summed E-state index contributed by atoms with van der Waals surface area (Å²) < 4.78 is 293. The van der Waals surface area contributed by atoms with Crippen LogP contribution in [0.1, 0.15) is 20.8 Å². The van der Waals surface area contributed by atoms with Crippen molar-refractivity contribution < 1.29 is 296 Å². The normalized spacial score (nSPS) is 40.9. The second-order valence-electron chi connectivity index (χ2n) is 29.2. The van der Waals surface area contributed by atoms with Crippen LogP contribution in [-0.2, 0) is 173 Å². The average molecular weight is 2020 g/mol. The predicted molar refractivity (Wildman–Crippen MR) is 386 cm³/mol. The summed E-state index contributed by atoms with van der Waals surface area (Å²) in [5, 5.41) is 214. The van der Waals surface area contributed by atoms with Crippen LogP contribution in [0.25, 0.3) is 0 Å². The van der Waals surface area contributed by atoms with E-state index in [9.17, 15) is 161 Å². The number of carboxylic acids is 3. The number of carboxylic acid groups (broad SMARTS) is 3. The van der Waals surface area contributed by atoms with Crippen molar-refractivity contribution in [1.82, 2.24) is 0 Å². The molecule has 27 N–H and O–H groups in total. The van der Waals surface area contributed by atoms with Gasteiger partial charge in [0, 0.05) is 35.5 Å². The predicted octanol–water partition coefficient (Wildman–Crippen LogP) is -15.4. The Hall–Kier alpha value is -4.95. The lowest BCUT2D eigenvalue weighted by atomic mass is 9.83. The fourth-order valence-electron chi connectivity index (χ4n) is 13.7. The molecule has 9 aliphatic rings. The molecule has 6 fully saturated rings. The topological polar surface area (TPSA) is 996 Å². The molecule has 9 aliphatic heterocycles. The van der Waals surface area contributed by atoms with Gasteiger partial charge in [-0.05, 0) is 39.0 Å². The minimum atomic E-state index is -5.44. The van der Waals surface area contributed by atoms with Crippen LogP contribution < -0.4 is 0 Å². The highest BCUT2D eigenvalue weighted by Crippen LogP contribution is 2.40. The Balaban J connectivity index is 0.000000266. The number of hydrogen-bond donors (Lipinski definition) is 27. The molecule has 0 aromatic heterocycles. The Morgan fingerprint density at radius 2 is 0.543 bits per heavy atom. The van der Waals surface area contributed by atoms with Gasteiger partial charge >= 0.3 is 80.3 Å². The summed E-state index contributed by atoms with van der Waals surface area (Å²) in [7, 11) is -31.1. The van der Waals surface area contributed by atoms with Gasteiger partial charge in [-0.25, -0.2) is 39.5 Å². The Labute approximate surface area is 727 Å². The first kappa shape index (κ1) is 111. The summed E-state index contributed by atoms with van der Waals surface area (Å²) in [6.07, 6.45) is -56.9. The lowest BCUT2D eigenvalue weighted by Crippen LogP contribution is -2.61. The molecular formula is C60H96O63S6. The van der Waals surface area contributed by atoms with Gasteiger partial charge in [-0.3, -0.25) is 27.3 Å². The monoisotopic (exact) mass is 2020 g/mol. The third-order valence-electron chi connectivity index (χ3n) is 20.3. The van der Waals surface area contributed by atoms with E-state index in [1.165, 1.54) is 13.8 Å². The van der Waals surface area contributed by atoms with Crippen LogP contribution in [0.2, 0.25) is 0 Å². The first-order valence-corrected chi connectivity index (χ1v) is 45.1. The molecule has 63 nitrogen and oxygen atoms in total. The molecule has 9 rings (SSSR count). The Bertz CT molecular complexity index is 4510. The lowest BCUT2D eigenvalue weighted by molar-refractivity contribution is -0.312. The van der Waals surface area contributed by atoms with Gasteiger partial charge in [0.1, 0.15) is 104 Å². The minimum absolute atomic E-state index is 0.563. The summed E-state index contributed by atoms with van der Waals surface area (Å²) >= 11 is 0. The highest BCUT2D eigenvalue weighted by Gasteiger charge is 2.56. The summed E-state index contributed by atoms with van der Waals surface area (Å²) in [4.78, 5) is 33.7. The van der Waals surface area contributed by atoms with E-state index in [4.69, 9.17) is 109 Å². The van der Waals surface area contributed by atoms with Crippen molar-refractivity contribution in [1.29, 1.82) is 0 Å². The Morgan fingerprint density at radius 3 is 0.829 bits per heavy atom. The zero-order chi connectivity index (χ0) is 97.3. The fraction of sp³-hybridized carbons (Fsp3) is 0.850. The largest absolute Gasteiger partial charge is 0.475 e. The number of ether oxygens (including phenoxy) is 15. The van der Waals surface area contributed by atoms with E-state index in [0.29, 0.717) is 12.2 Å². The smallest absolute Gasteiger partial charge is 0.397 e. The maximum Gasteiger partial charge on any atom is 0.397 e. The van der Waals surface area contributed by atoms with Crippen LogP contribution in [0.15, 0.2) is 35.5 Å². The number of hydrogen-bond acceptors (Lipinski definition) is 54. The van der Waals surface area contributed by atoms with Gasteiger partial charge in [0.2, 0.25) is 36.1 Å². The van der Waals surface area contributed by atoms with E-state index in [1.54, 1.807) is 0 Å². The van der Waals surface area contributed by atoms with Crippen LogP contribution in [0.4, 0.5) is 0 Å². The van der Waals surface area contributed by atoms with Crippen LogP contribution in [0, 0.1) is 35.5 Å². The molecule has 6 saturated heterocycles. The molecule has 39 unspecified atom stereocenters. The number of carbonyl (C=O) groups is 3. The zero-order valence-corrected chi connectivity index (χ0v) is 70.7. The van der Waals surface area contributed by atoms with Crippen molar-refractivity contribution in [2.45, 2.75) is 224 Å². The van der Waals surface area contributed by atoms with Crippen LogP contribution in [-0.4, -0.2) is 466 Å². The van der Waals surface area contributed by atoms with Gasteiger partial charge in [-0.15, -0.1) is 0 Å². The molecule has 9 heterocycles. The van der Waals surface area contributed by atoms with Crippen molar-refractivity contribution in [2.75, 3.05) is 59.5 Å². The summed E-state index contributed by atoms with van der Waals surface area (Å²) in [5.41, 5.74) is 0. The molecule has 0 bridgehead atoms. The number of aliphatic hydroxyl groups is 18. The zero-order valence-electron chi connectivity index (χ0n) is 65.8. The lowest BCUT2D eigenvalue weighted by Gasteiger charge is -2.45. The molecule has 69 heteroatoms. The highest BCUT2D eigenvalue weighted by molar-refractivity contribution is 7.82. The van der Waals surface area contributed by atoms with Crippen molar-refractivity contribution in [3.8, 4) is 0 Å². The molecule has 0 amide bonds. The Morgan fingerprint density at radius 1 is 0.287 bits per heavy atom. The SMILES string of the molecule is CC1OC(OCC2C(O)C(CO)OC(O)C2COC2OC(C(=O)O)=CC(O)C2O)C(O)C(OS(=O)(=O)O)C1O.CC1OC(OCC2C(O)C(COS(=O)(=O)O)OC(O)C2COC2OC(C(=O)O)=CC(O)C2O)C(O)C(OS(=O)(=O)O)C1O.CC1OC(OCC2C(O)C(COS(=O)(=O)O)OC(O)C2COC2OC(C(=O)O)=CC(O)C2O)C(OS(=O)(=O)O)C(O)C1OS(=O)(=O)O. The van der Waals surface area contributed by atoms with E-state index in [0.717, 1.165) is 13.0 Å². The maximum atomic E-state index is 11.5. The molecule has 0 aromatic carbocycles. The minimum Gasteiger partial charge on any atom is -0.475 e. The van der Waals surface area contributed by atoms with Gasteiger partial charge in [0.15, 0.2) is 43.8 Å². The molecule has 129 heavy (non-hydrogen) atoms. The van der Waals surface area contributed by atoms with E-state index < -0.39 is 396 Å². The number of aliphatic hydroxyl groups excluding tert-OH is 18. The summed E-state index contributed by atoms with van der Waals surface area (Å²) in [6.45, 7) is -3.51. The summed E-state index contributed by atoms with van der Waals surface area (Å²) in [6, 6.07) is 0. The Kier molecular flexibility index (Phi) is 39.8. The number of aliphatic carboxylic acids is 3. The van der Waals surface area contributed by atoms with E-state index in [1.807, 2.05) is 0 Å². The van der Waals surface area contributed by atoms with E-state index >= 15 is 0 Å². The second-order valence-corrected chi connectivity index (χ2v) is 35.6. The molecule has 0 spiro atoms. The van der Waals surface area contributed by atoms with Crippen molar-refractivity contribution in [3.05, 3.63) is 35.5 Å². The third kappa shape index (κ3) is 31.6. The molecule has 750 valence electrons. The highest BCUT2D eigenvalue weighted by atomic mass is 32.3. The van der Waals surface area contributed by atoms with Gasteiger partial charge in [0.05, 0.1) is 96.1 Å². The van der Waals surface area contributed by atoms with E-state index in [-0.39, 0.29) is 0 Å². The van der Waals surface area contributed by atoms with Gasteiger partial charge < -0.3 is 178 Å². The quantitative estimate of drug-likeness (QED) is 0.0259. The summed E-state index contributed by atoms with van der Waals surface area (Å²) in [5.74, 6) is -15.3. The molecule has 0 aliphatic carbocycles. The molecule has 39 atom stereocenters. The molecule has 0 radical (unpaired) electrons. The maximum absolute atomic E-state index is 11.5. The second kappa shape index (κ2) is 46.3. The first-order chi connectivity index (χ1) is 59.4. The van der Waals surface area contributed by atoms with Gasteiger partial charge in [-0.1, -0.05) is 0 Å². The standard InChI is InChI=1S/C20H32O24S3.C20H32O21S2.C20H32O18S/c1-6-15(43-46(31,32)33)14(24)16(44-47(34,35)36)20(40-6)38-3-7-8(18(27)41-11(12(7)22)5-39-45(28,29)30)4-37-19-13(23)9(21)2-10(42-19)17(25)26;1-6-12(22)16(41-43(32,33)34)15(25)20(38-6)35-3-7-8(18(28)39-11(13(7)23)5-37-42(29,30)31)4-36-19-14(24)9(21)2-10(40-19)17(26)27;1-6-12(23)16(38-39(30,31)32)15(26)20(35-6)33-4-7-8(18(29)36-11(3-21)13(7)24)5-34-19-14(25)9(22)2-10(37-19)17(27)28/h2,6-9,11-16,18-24,27H,3-5H2,1H3,(H,25,26)(H,28,29,30)(H,31,32,33)(H,34,35,36);2,6-9,11-16,18-25,28H,3-5H2,1H3,(H,26,27)(H,29,30,31)(H,32,33,34);2,6-9,11-16,18-26,29H,3-5H2,1H3,(H,27,28)(H,30,31,32). The number of rotatable bonds is 36. The third-order valence-corrected chi connectivity index (χ3v) is 23.0. The van der Waals surface area contributed by atoms with Gasteiger partial charge in [-0.2, -0.15) is 50.5 Å². The van der Waals surface area contributed by atoms with Crippen molar-refractivity contribution in [2.24, 2.45) is 35.5 Å². The molecule has 0 aromatic rings. The average Bonchev–Trinajstić information content (AvgIpc) is 0.790. The van der Waals surface area contributed by atoms with Crippen molar-refractivity contribution in [3.63, 3.8) is 0 Å².